The molecular weight excluding hydrogens is 176 g/mol. The van der Waals surface area contributed by atoms with Gasteiger partial charge < -0.3 is 10.1 Å². The Labute approximate surface area is 85.5 Å². The SMILES string of the molecule is CCNCc1cc(CC)nc(OC)c1. The fourth-order valence-electron chi connectivity index (χ4n) is 1.28. The number of methoxy groups -OCH3 is 1. The van der Waals surface area contributed by atoms with E-state index >= 15 is 0 Å². The second-order valence-corrected chi connectivity index (χ2v) is 3.14. The molecule has 0 aliphatic heterocycles. The summed E-state index contributed by atoms with van der Waals surface area (Å²) in [4.78, 5) is 4.33. The molecule has 0 fully saturated rings. The molecule has 0 bridgehead atoms. The molecule has 0 aliphatic carbocycles. The largest absolute Gasteiger partial charge is 0.481 e. The quantitative estimate of drug-likeness (QED) is 0.775. The Hall–Kier alpha value is -1.09. The van der Waals surface area contributed by atoms with Crippen LogP contribution in [0.3, 0.4) is 0 Å². The van der Waals surface area contributed by atoms with Gasteiger partial charge in [0, 0.05) is 18.3 Å². The predicted octanol–water partition coefficient (Wildman–Crippen LogP) is 1.76. The molecular formula is C11H18N2O. The molecule has 0 spiro atoms. The highest BCUT2D eigenvalue weighted by Gasteiger charge is 2.00. The van der Waals surface area contributed by atoms with Crippen LogP contribution in [0.15, 0.2) is 12.1 Å². The molecule has 0 radical (unpaired) electrons. The maximum atomic E-state index is 5.14. The lowest BCUT2D eigenvalue weighted by Crippen LogP contribution is -2.12. The minimum Gasteiger partial charge on any atom is -0.481 e. The summed E-state index contributed by atoms with van der Waals surface area (Å²) in [6.45, 7) is 6.05. The minimum absolute atomic E-state index is 0.706. The van der Waals surface area contributed by atoms with Crippen LogP contribution in [0.2, 0.25) is 0 Å². The summed E-state index contributed by atoms with van der Waals surface area (Å²) in [5, 5.41) is 3.28. The number of ether oxygens (including phenoxy) is 1. The second-order valence-electron chi connectivity index (χ2n) is 3.14. The molecule has 1 aromatic rings. The summed E-state index contributed by atoms with van der Waals surface area (Å²) in [5.41, 5.74) is 2.31. The summed E-state index contributed by atoms with van der Waals surface area (Å²) in [5.74, 6) is 0.706. The number of hydrogen-bond acceptors (Lipinski definition) is 3. The highest BCUT2D eigenvalue weighted by atomic mass is 16.5. The summed E-state index contributed by atoms with van der Waals surface area (Å²) in [7, 11) is 1.65. The van der Waals surface area contributed by atoms with Gasteiger partial charge in [0.05, 0.1) is 7.11 Å². The van der Waals surface area contributed by atoms with E-state index in [9.17, 15) is 0 Å². The number of hydrogen-bond donors (Lipinski definition) is 1. The van der Waals surface area contributed by atoms with Gasteiger partial charge in [-0.15, -0.1) is 0 Å². The van der Waals surface area contributed by atoms with Gasteiger partial charge in [0.1, 0.15) is 0 Å². The van der Waals surface area contributed by atoms with Crippen molar-refractivity contribution in [2.24, 2.45) is 0 Å². The fraction of sp³-hybridized carbons (Fsp3) is 0.545. The highest BCUT2D eigenvalue weighted by Crippen LogP contribution is 2.12. The Morgan fingerprint density at radius 1 is 1.36 bits per heavy atom. The third kappa shape index (κ3) is 3.00. The molecule has 0 saturated carbocycles. The Balaban J connectivity index is 2.81. The van der Waals surface area contributed by atoms with Crippen molar-refractivity contribution in [2.45, 2.75) is 26.8 Å². The van der Waals surface area contributed by atoms with Gasteiger partial charge in [0.25, 0.3) is 0 Å². The number of pyridine rings is 1. The van der Waals surface area contributed by atoms with E-state index in [1.165, 1.54) is 5.56 Å². The van der Waals surface area contributed by atoms with Gasteiger partial charge in [-0.05, 0) is 24.6 Å². The molecule has 0 unspecified atom stereocenters. The molecule has 0 atom stereocenters. The lowest BCUT2D eigenvalue weighted by atomic mass is 10.2. The van der Waals surface area contributed by atoms with E-state index in [0.717, 1.165) is 25.2 Å². The van der Waals surface area contributed by atoms with Gasteiger partial charge in [-0.2, -0.15) is 0 Å². The third-order valence-electron chi connectivity index (χ3n) is 2.07. The first-order valence-electron chi connectivity index (χ1n) is 5.04. The average molecular weight is 194 g/mol. The highest BCUT2D eigenvalue weighted by molar-refractivity contribution is 5.25. The van der Waals surface area contributed by atoms with E-state index in [1.54, 1.807) is 7.11 Å². The number of rotatable bonds is 5. The number of nitrogens with zero attached hydrogens (tertiary/aromatic N) is 1. The Morgan fingerprint density at radius 2 is 2.14 bits per heavy atom. The average Bonchev–Trinajstić information content (AvgIpc) is 2.25. The van der Waals surface area contributed by atoms with Crippen LogP contribution >= 0.6 is 0 Å². The number of nitrogens with one attached hydrogen (secondary N) is 1. The molecule has 0 amide bonds. The van der Waals surface area contributed by atoms with Gasteiger partial charge in [0.15, 0.2) is 0 Å². The molecule has 78 valence electrons. The number of aromatic nitrogens is 1. The van der Waals surface area contributed by atoms with E-state index in [0.29, 0.717) is 5.88 Å². The van der Waals surface area contributed by atoms with Crippen LogP contribution in [-0.4, -0.2) is 18.6 Å². The van der Waals surface area contributed by atoms with Crippen LogP contribution in [0.25, 0.3) is 0 Å². The van der Waals surface area contributed by atoms with Gasteiger partial charge >= 0.3 is 0 Å². The maximum Gasteiger partial charge on any atom is 0.213 e. The van der Waals surface area contributed by atoms with Crippen molar-refractivity contribution in [1.82, 2.24) is 10.3 Å². The molecule has 0 aromatic carbocycles. The fourth-order valence-corrected chi connectivity index (χ4v) is 1.28. The standard InChI is InChI=1S/C11H18N2O/c1-4-10-6-9(8-12-5-2)7-11(13-10)14-3/h6-7,12H,4-5,8H2,1-3H3. The molecule has 1 heterocycles. The van der Waals surface area contributed by atoms with Crippen LogP contribution in [-0.2, 0) is 13.0 Å². The van der Waals surface area contributed by atoms with Crippen LogP contribution in [0, 0.1) is 0 Å². The van der Waals surface area contributed by atoms with E-state index < -0.39 is 0 Å². The molecule has 1 N–H and O–H groups in total. The summed E-state index contributed by atoms with van der Waals surface area (Å²) < 4.78 is 5.14. The van der Waals surface area contributed by atoms with E-state index in [2.05, 4.69) is 30.2 Å². The van der Waals surface area contributed by atoms with Gasteiger partial charge in [-0.1, -0.05) is 13.8 Å². The lowest BCUT2D eigenvalue weighted by Gasteiger charge is -2.07. The van der Waals surface area contributed by atoms with Crippen LogP contribution in [0.1, 0.15) is 25.1 Å². The van der Waals surface area contributed by atoms with Gasteiger partial charge in [-0.3, -0.25) is 0 Å². The van der Waals surface area contributed by atoms with Crippen molar-refractivity contribution in [3.05, 3.63) is 23.4 Å². The number of aryl methyl sites for hydroxylation is 1. The smallest absolute Gasteiger partial charge is 0.213 e. The minimum atomic E-state index is 0.706. The van der Waals surface area contributed by atoms with Crippen LogP contribution in [0.4, 0.5) is 0 Å². The van der Waals surface area contributed by atoms with Crippen LogP contribution in [0.5, 0.6) is 5.88 Å². The zero-order valence-electron chi connectivity index (χ0n) is 9.13. The summed E-state index contributed by atoms with van der Waals surface area (Å²) in [6, 6.07) is 4.09. The van der Waals surface area contributed by atoms with Crippen LogP contribution < -0.4 is 10.1 Å². The molecule has 3 heteroatoms. The van der Waals surface area contributed by atoms with Crippen molar-refractivity contribution < 1.29 is 4.74 Å². The zero-order chi connectivity index (χ0) is 10.4. The molecule has 0 aliphatic rings. The molecule has 1 rings (SSSR count). The second kappa shape index (κ2) is 5.60. The first-order valence-corrected chi connectivity index (χ1v) is 5.04. The van der Waals surface area contributed by atoms with Crippen molar-refractivity contribution >= 4 is 0 Å². The van der Waals surface area contributed by atoms with E-state index in [-0.39, 0.29) is 0 Å². The van der Waals surface area contributed by atoms with Gasteiger partial charge in [0.2, 0.25) is 5.88 Å². The zero-order valence-corrected chi connectivity index (χ0v) is 9.13. The Morgan fingerprint density at radius 3 is 2.71 bits per heavy atom. The monoisotopic (exact) mass is 194 g/mol. The van der Waals surface area contributed by atoms with Crippen molar-refractivity contribution in [2.75, 3.05) is 13.7 Å². The Kier molecular flexibility index (Phi) is 4.40. The van der Waals surface area contributed by atoms with Crippen molar-refractivity contribution in [3.8, 4) is 5.88 Å². The molecule has 3 nitrogen and oxygen atoms in total. The van der Waals surface area contributed by atoms with Gasteiger partial charge in [-0.25, -0.2) is 4.98 Å². The van der Waals surface area contributed by atoms with Crippen molar-refractivity contribution in [3.63, 3.8) is 0 Å². The maximum absolute atomic E-state index is 5.14. The van der Waals surface area contributed by atoms with E-state index in [1.807, 2.05) is 6.07 Å². The van der Waals surface area contributed by atoms with Crippen molar-refractivity contribution in [1.29, 1.82) is 0 Å². The first kappa shape index (κ1) is 11.0. The lowest BCUT2D eigenvalue weighted by molar-refractivity contribution is 0.395. The normalized spacial score (nSPS) is 10.2. The van der Waals surface area contributed by atoms with E-state index in [4.69, 9.17) is 4.74 Å². The third-order valence-corrected chi connectivity index (χ3v) is 2.07. The Bertz CT molecular complexity index is 264. The molecule has 0 saturated heterocycles. The summed E-state index contributed by atoms with van der Waals surface area (Å²) in [6.07, 6.45) is 0.941. The molecule has 1 aromatic heterocycles. The summed E-state index contributed by atoms with van der Waals surface area (Å²) >= 11 is 0. The predicted molar refractivity (Wildman–Crippen MR) is 57.5 cm³/mol. The first-order chi connectivity index (χ1) is 6.80. The topological polar surface area (TPSA) is 34.2 Å². The molecule has 14 heavy (non-hydrogen) atoms.